The van der Waals surface area contributed by atoms with Gasteiger partial charge in [0.2, 0.25) is 0 Å². The molecule has 4 fully saturated rings. The van der Waals surface area contributed by atoms with Crippen molar-refractivity contribution in [2.75, 3.05) is 34.1 Å². The number of benzene rings is 2. The first-order valence-electron chi connectivity index (χ1n) is 21.5. The third-order valence-corrected chi connectivity index (χ3v) is 19.3. The smallest absolute Gasteiger partial charge is 0.310 e. The number of carbonyl (C=O) groups excluding carboxylic acids is 3. The van der Waals surface area contributed by atoms with Crippen molar-refractivity contribution in [3.05, 3.63) is 60.7 Å². The Hall–Kier alpha value is -0.0781. The second-order valence-electron chi connectivity index (χ2n) is 16.9. The minimum atomic E-state index is -1.02. The molecule has 5 unspecified atom stereocenters. The van der Waals surface area contributed by atoms with Crippen LogP contribution in [0.15, 0.2) is 60.7 Å². The van der Waals surface area contributed by atoms with Gasteiger partial charge in [-0.15, -0.1) is 0 Å². The number of hydrogen-bond acceptors (Lipinski definition) is 6. The van der Waals surface area contributed by atoms with Crippen molar-refractivity contribution in [3.8, 4) is 0 Å². The molecule has 11 heteroatoms. The van der Waals surface area contributed by atoms with Crippen molar-refractivity contribution >= 4 is 43.7 Å². The van der Waals surface area contributed by atoms with Gasteiger partial charge in [0.25, 0.3) is 0 Å². The zero-order valence-electron chi connectivity index (χ0n) is 37.6. The van der Waals surface area contributed by atoms with Gasteiger partial charge in [-0.3, -0.25) is 14.4 Å². The van der Waals surface area contributed by atoms with Crippen LogP contribution in [0.5, 0.6) is 0 Å². The van der Waals surface area contributed by atoms with Crippen molar-refractivity contribution < 1.29 is 87.9 Å². The first-order chi connectivity index (χ1) is 26.2. The van der Waals surface area contributed by atoms with Crippen LogP contribution < -0.4 is 10.6 Å². The molecule has 2 aromatic rings. The van der Waals surface area contributed by atoms with Crippen LogP contribution in [0.4, 0.5) is 0 Å². The summed E-state index contributed by atoms with van der Waals surface area (Å²) in [4.78, 5) is 33.2. The first kappa shape index (κ1) is 60.0. The van der Waals surface area contributed by atoms with E-state index < -0.39 is 27.1 Å². The number of ether oxygens (including phenoxy) is 2. The van der Waals surface area contributed by atoms with Gasteiger partial charge < -0.3 is 14.4 Å². The summed E-state index contributed by atoms with van der Waals surface area (Å²) in [5.41, 5.74) is 1.63. The fourth-order valence-electron chi connectivity index (χ4n) is 9.04. The molecule has 0 spiro atoms. The minimum Gasteiger partial charge on any atom is -0.462 e. The van der Waals surface area contributed by atoms with E-state index in [4.69, 9.17) is 4.74 Å². The minimum absolute atomic E-state index is 0. The standard InChI is InChI=1S/C17H29NP.C16H23O2P.2C5H10.C4H6O3.2Fe.Np/c1-14(18(2)3)16-12-9-13-17(16)19(4,5)15-10-7-6-8-11-15;1-12(18-13(2)17)15-10-7-11-16(15)19(3)14-8-5-4-6-9-14;2*1-2-4-5-3-1;1-3(5)7-4(2)6;;;/h6-8,10-11,14,16-17H,9,12-13H2,1-5H3;4-6,8-9,12,15-16H,7,10-11H2,1-3H3;2*1-5H2;1-2H3;;;/q+1;;;;;;;/p+1/t14-,16?,17?;12-,15?,16?,19?;;;;;;/m11....../s1. The molecule has 4 aliphatic carbocycles. The molecule has 0 amide bonds. The van der Waals surface area contributed by atoms with E-state index >= 15 is 0 Å². The maximum Gasteiger partial charge on any atom is 0.310 e. The van der Waals surface area contributed by atoms with Gasteiger partial charge in [-0.05, 0) is 90.7 Å². The summed E-state index contributed by atoms with van der Waals surface area (Å²) in [6.07, 6.45) is 23.1. The molecule has 6 rings (SSSR count). The quantitative estimate of drug-likeness (QED) is 0.114. The Kier molecular flexibility index (Phi) is 34.6. The zero-order chi connectivity index (χ0) is 40.8. The van der Waals surface area contributed by atoms with Gasteiger partial charge in [0.05, 0.1) is 41.9 Å². The van der Waals surface area contributed by atoms with Gasteiger partial charge >= 0.3 is 17.9 Å². The summed E-state index contributed by atoms with van der Waals surface area (Å²) < 4.78 is 9.40. The second-order valence-corrected chi connectivity index (χ2v) is 23.9. The molecule has 58 heavy (non-hydrogen) atoms. The molecule has 331 valence electrons. The molecule has 0 aromatic heterocycles. The van der Waals surface area contributed by atoms with Gasteiger partial charge in [-0.25, -0.2) is 0 Å². The summed E-state index contributed by atoms with van der Waals surface area (Å²) >= 11 is 0. The predicted molar refractivity (Wildman–Crippen MR) is 240 cm³/mol. The van der Waals surface area contributed by atoms with E-state index in [0.717, 1.165) is 17.2 Å². The summed E-state index contributed by atoms with van der Waals surface area (Å²) in [7, 11) is 2.88. The Bertz CT molecular complexity index is 1330. The Balaban J connectivity index is 0. The maximum absolute atomic E-state index is 11.1. The molecule has 4 saturated carbocycles. The van der Waals surface area contributed by atoms with Gasteiger partial charge in [-0.2, -0.15) is 0 Å². The summed E-state index contributed by atoms with van der Waals surface area (Å²) in [6.45, 7) is 15.8. The molecular formula is C47H79Fe2NNpO5P2+2. The van der Waals surface area contributed by atoms with Gasteiger partial charge in [-0.1, -0.05) is 101 Å². The number of esters is 3. The largest absolute Gasteiger partial charge is 0.462 e. The summed E-state index contributed by atoms with van der Waals surface area (Å²) in [6, 6.07) is 22.8. The monoisotopic (exact) mass is 1150 g/mol. The number of rotatable bonds is 8. The zero-order valence-corrected chi connectivity index (χ0v) is 45.5. The molecule has 6 nitrogen and oxygen atoms in total. The first-order valence-corrected chi connectivity index (χ1v) is 26.3. The van der Waals surface area contributed by atoms with Crippen LogP contribution in [0.25, 0.3) is 0 Å². The Labute approximate surface area is 400 Å². The van der Waals surface area contributed by atoms with Gasteiger partial charge in [0, 0.05) is 118 Å². The molecule has 0 aliphatic heterocycles. The van der Waals surface area contributed by atoms with E-state index in [0.29, 0.717) is 12.0 Å². The van der Waals surface area contributed by atoms with Crippen LogP contribution in [-0.2, 0) is 58.0 Å². The van der Waals surface area contributed by atoms with Crippen molar-refractivity contribution in [1.29, 1.82) is 0 Å². The predicted octanol–water partition coefficient (Wildman–Crippen LogP) is 11.0. The Morgan fingerprint density at radius 1 is 0.638 bits per heavy atom. The topological polar surface area (TPSA) is 72.9 Å². The molecule has 0 heterocycles. The number of carbonyl (C=O) groups is 3. The average molecular weight is 1150 g/mol. The van der Waals surface area contributed by atoms with Crippen LogP contribution in [-0.4, -0.2) is 80.4 Å². The maximum atomic E-state index is 11.1. The van der Waals surface area contributed by atoms with Crippen LogP contribution in [0, 0.1) is 41.8 Å². The fraction of sp³-hybridized carbons (Fsp3) is 0.681. The molecule has 0 bridgehead atoms. The average Bonchev–Trinajstić information content (AvgIpc) is 4.00. The second kappa shape index (κ2) is 33.5. The van der Waals surface area contributed by atoms with E-state index in [1.807, 2.05) is 0 Å². The Morgan fingerprint density at radius 2 is 1.05 bits per heavy atom. The van der Waals surface area contributed by atoms with E-state index in [-0.39, 0.29) is 76.2 Å². The molecule has 4 aliphatic rings. The van der Waals surface area contributed by atoms with E-state index in [9.17, 15) is 14.4 Å². The van der Waals surface area contributed by atoms with Crippen LogP contribution in [0.3, 0.4) is 0 Å². The third-order valence-electron chi connectivity index (χ3n) is 12.3. The van der Waals surface area contributed by atoms with E-state index in [1.165, 1.54) is 129 Å². The van der Waals surface area contributed by atoms with Crippen molar-refractivity contribution in [1.82, 2.24) is 4.90 Å². The molecular weight excluding hydrogens is 1070 g/mol. The van der Waals surface area contributed by atoms with E-state index in [2.05, 4.69) is 118 Å². The van der Waals surface area contributed by atoms with Crippen LogP contribution in [0.2, 0.25) is 0 Å². The van der Waals surface area contributed by atoms with Crippen LogP contribution in [0.1, 0.15) is 137 Å². The number of hydrogen-bond donors (Lipinski definition) is 0. The summed E-state index contributed by atoms with van der Waals surface area (Å²) in [5.74, 6) is 0.143. The normalized spacial score (nSPS) is 22.0. The molecule has 0 N–H and O–H groups in total. The summed E-state index contributed by atoms with van der Waals surface area (Å²) in [5, 5.41) is 3.11. The van der Waals surface area contributed by atoms with Gasteiger partial charge in [0.1, 0.15) is 6.10 Å². The third kappa shape index (κ3) is 22.8. The number of nitrogens with zero attached hydrogens (tertiary/aromatic N) is 1. The SMILES string of the molecule is C1CCCC1.C1CCCC1.CC(=O)OC(C)=O.CC(=O)O[C@H](C)C1CCCC1[PH+](C)c1ccccc1.C[C@H](C1CCCC1[P+](C)(C)c1ccccc1)N(C)C.[Fe].[Fe].[Np]. The van der Waals surface area contributed by atoms with Crippen molar-refractivity contribution in [2.24, 2.45) is 11.8 Å². The van der Waals surface area contributed by atoms with Gasteiger partial charge in [0.15, 0.2) is 0 Å². The van der Waals surface area contributed by atoms with Crippen LogP contribution >= 0.6 is 15.2 Å². The van der Waals surface area contributed by atoms with E-state index in [1.54, 1.807) is 5.30 Å². The van der Waals surface area contributed by atoms with Crippen molar-refractivity contribution in [2.45, 2.75) is 161 Å². The van der Waals surface area contributed by atoms with Crippen molar-refractivity contribution in [3.63, 3.8) is 0 Å². The molecule has 2 aromatic carbocycles. The molecule has 7 atom stereocenters. The molecule has 1 radical (unpaired) electrons. The fourth-order valence-corrected chi connectivity index (χ4v) is 15.4. The molecule has 0 saturated heterocycles. The Morgan fingerprint density at radius 3 is 1.45 bits per heavy atom.